The predicted molar refractivity (Wildman–Crippen MR) is 96.8 cm³/mol. The number of nitrogens with zero attached hydrogens (tertiary/aromatic N) is 3. The summed E-state index contributed by atoms with van der Waals surface area (Å²) in [6.45, 7) is 6.37. The summed E-state index contributed by atoms with van der Waals surface area (Å²) in [5.74, 6) is -0.280. The normalized spacial score (nSPS) is 15.7. The van der Waals surface area contributed by atoms with Crippen LogP contribution in [0.3, 0.4) is 0 Å². The molecule has 0 radical (unpaired) electrons. The highest BCUT2D eigenvalue weighted by Crippen LogP contribution is 2.26. The topological polar surface area (TPSA) is 84.3 Å². The first-order valence-corrected chi connectivity index (χ1v) is 9.05. The molecule has 0 saturated carbocycles. The summed E-state index contributed by atoms with van der Waals surface area (Å²) < 4.78 is 1.60. The van der Waals surface area contributed by atoms with Crippen LogP contribution in [0.5, 0.6) is 0 Å². The Kier molecular flexibility index (Phi) is 4.80. The molecule has 3 amide bonds. The van der Waals surface area contributed by atoms with Crippen molar-refractivity contribution in [3.63, 3.8) is 0 Å². The number of carbonyl (C=O) groups is 2. The smallest absolute Gasteiger partial charge is 0.324 e. The molecule has 0 aliphatic carbocycles. The van der Waals surface area contributed by atoms with E-state index in [1.54, 1.807) is 29.7 Å². The van der Waals surface area contributed by atoms with Gasteiger partial charge in [0.2, 0.25) is 5.91 Å². The lowest BCUT2D eigenvalue weighted by Gasteiger charge is -2.20. The minimum absolute atomic E-state index is 0.0931. The molecule has 1 aromatic carbocycles. The third kappa shape index (κ3) is 3.26. The van der Waals surface area contributed by atoms with Gasteiger partial charge < -0.3 is 5.32 Å². The first kappa shape index (κ1) is 17.5. The third-order valence-electron chi connectivity index (χ3n) is 4.04. The van der Waals surface area contributed by atoms with E-state index in [1.807, 2.05) is 19.9 Å². The number of thioether (sulfide) groups is 1. The lowest BCUT2D eigenvalue weighted by atomic mass is 10.2. The number of para-hydroxylation sites is 1. The average molecular weight is 360 g/mol. The third-order valence-corrected chi connectivity index (χ3v) is 5.10. The van der Waals surface area contributed by atoms with Crippen molar-refractivity contribution >= 4 is 34.6 Å². The highest BCUT2D eigenvalue weighted by Gasteiger charge is 2.31. The van der Waals surface area contributed by atoms with E-state index >= 15 is 0 Å². The maximum atomic E-state index is 12.8. The van der Waals surface area contributed by atoms with Crippen LogP contribution in [0.1, 0.15) is 26.8 Å². The van der Waals surface area contributed by atoms with Crippen molar-refractivity contribution < 1.29 is 9.59 Å². The zero-order chi connectivity index (χ0) is 18.1. The molecule has 1 aliphatic rings. The number of benzene rings is 1. The molecule has 1 N–H and O–H groups in total. The van der Waals surface area contributed by atoms with Crippen LogP contribution < -0.4 is 10.9 Å². The molecule has 8 heteroatoms. The maximum absolute atomic E-state index is 12.8. The van der Waals surface area contributed by atoms with Gasteiger partial charge in [-0.25, -0.2) is 9.78 Å². The van der Waals surface area contributed by atoms with Gasteiger partial charge in [-0.2, -0.15) is 0 Å². The van der Waals surface area contributed by atoms with Gasteiger partial charge >= 0.3 is 6.03 Å². The fraction of sp³-hybridized carbons (Fsp3) is 0.412. The van der Waals surface area contributed by atoms with E-state index in [-0.39, 0.29) is 23.5 Å². The van der Waals surface area contributed by atoms with Gasteiger partial charge in [0, 0.05) is 19.1 Å². The first-order valence-electron chi connectivity index (χ1n) is 8.17. The van der Waals surface area contributed by atoms with Gasteiger partial charge in [-0.1, -0.05) is 23.9 Å². The molecule has 2 heterocycles. The van der Waals surface area contributed by atoms with Crippen molar-refractivity contribution in [1.29, 1.82) is 0 Å². The van der Waals surface area contributed by atoms with Crippen molar-refractivity contribution in [3.8, 4) is 0 Å². The van der Waals surface area contributed by atoms with Crippen LogP contribution in [0.4, 0.5) is 4.79 Å². The molecule has 1 aromatic heterocycles. The number of hydrogen-bond acceptors (Lipinski definition) is 5. The minimum atomic E-state index is -0.526. The molecule has 2 aromatic rings. The first-order chi connectivity index (χ1) is 11.9. The van der Waals surface area contributed by atoms with E-state index < -0.39 is 5.25 Å². The lowest BCUT2D eigenvalue weighted by molar-refractivity contribution is -0.126. The zero-order valence-corrected chi connectivity index (χ0v) is 15.2. The van der Waals surface area contributed by atoms with E-state index in [0.29, 0.717) is 29.1 Å². The number of rotatable bonds is 4. The highest BCUT2D eigenvalue weighted by atomic mass is 32.2. The standard InChI is InChI=1S/C17H20N4O3S/c1-10(2)21-15(23)12-6-4-5-7-13(12)19-17(21)25-11(3)14(22)20-9-8-18-16(20)24/h4-7,10-11H,8-9H2,1-3H3,(H,18,24). The zero-order valence-electron chi connectivity index (χ0n) is 14.4. The summed E-state index contributed by atoms with van der Waals surface area (Å²) in [4.78, 5) is 42.8. The Hall–Kier alpha value is -2.35. The number of amides is 3. The van der Waals surface area contributed by atoms with Crippen molar-refractivity contribution in [2.75, 3.05) is 13.1 Å². The van der Waals surface area contributed by atoms with Crippen LogP contribution in [-0.4, -0.2) is 44.7 Å². The lowest BCUT2D eigenvalue weighted by Crippen LogP contribution is -2.39. The Balaban J connectivity index is 1.97. The molecule has 1 aliphatic heterocycles. The summed E-state index contributed by atoms with van der Waals surface area (Å²) in [5.41, 5.74) is 0.479. The van der Waals surface area contributed by atoms with E-state index in [0.717, 1.165) is 0 Å². The Morgan fingerprint density at radius 3 is 2.60 bits per heavy atom. The second-order valence-corrected chi connectivity index (χ2v) is 7.47. The average Bonchev–Trinajstić information content (AvgIpc) is 3.00. The van der Waals surface area contributed by atoms with Gasteiger partial charge in [0.1, 0.15) is 0 Å². The number of nitrogens with one attached hydrogen (secondary N) is 1. The van der Waals surface area contributed by atoms with Gasteiger partial charge in [-0.3, -0.25) is 19.1 Å². The summed E-state index contributed by atoms with van der Waals surface area (Å²) in [7, 11) is 0. The minimum Gasteiger partial charge on any atom is -0.336 e. The van der Waals surface area contributed by atoms with Gasteiger partial charge in [0.15, 0.2) is 5.16 Å². The van der Waals surface area contributed by atoms with Gasteiger partial charge in [-0.05, 0) is 32.9 Å². The Bertz CT molecular complexity index is 893. The largest absolute Gasteiger partial charge is 0.336 e. The molecular formula is C17H20N4O3S. The van der Waals surface area contributed by atoms with Crippen LogP contribution in [0.25, 0.3) is 10.9 Å². The van der Waals surface area contributed by atoms with Crippen molar-refractivity contribution in [3.05, 3.63) is 34.6 Å². The second kappa shape index (κ2) is 6.87. The van der Waals surface area contributed by atoms with Gasteiger partial charge in [0.25, 0.3) is 5.56 Å². The van der Waals surface area contributed by atoms with E-state index in [1.165, 1.54) is 16.7 Å². The number of urea groups is 1. The number of aromatic nitrogens is 2. The van der Waals surface area contributed by atoms with E-state index in [9.17, 15) is 14.4 Å². The van der Waals surface area contributed by atoms with Crippen molar-refractivity contribution in [2.45, 2.75) is 37.2 Å². The van der Waals surface area contributed by atoms with Crippen LogP contribution in [-0.2, 0) is 4.79 Å². The Morgan fingerprint density at radius 2 is 1.96 bits per heavy atom. The summed E-state index contributed by atoms with van der Waals surface area (Å²) >= 11 is 1.21. The molecular weight excluding hydrogens is 340 g/mol. The molecule has 1 atom stereocenters. The second-order valence-electron chi connectivity index (χ2n) is 6.16. The number of hydrogen-bond donors (Lipinski definition) is 1. The molecule has 1 fully saturated rings. The summed E-state index contributed by atoms with van der Waals surface area (Å²) in [6.07, 6.45) is 0. The maximum Gasteiger partial charge on any atom is 0.324 e. The monoisotopic (exact) mass is 360 g/mol. The number of fused-ring (bicyclic) bond motifs is 1. The SMILES string of the molecule is CC(Sc1nc2ccccc2c(=O)n1C(C)C)C(=O)N1CCNC1=O. The fourth-order valence-electron chi connectivity index (χ4n) is 2.77. The molecule has 1 saturated heterocycles. The molecule has 0 spiro atoms. The van der Waals surface area contributed by atoms with Crippen molar-refractivity contribution in [1.82, 2.24) is 19.8 Å². The van der Waals surface area contributed by atoms with Crippen molar-refractivity contribution in [2.24, 2.45) is 0 Å². The molecule has 25 heavy (non-hydrogen) atoms. The van der Waals surface area contributed by atoms with Crippen LogP contribution in [0.2, 0.25) is 0 Å². The predicted octanol–water partition coefficient (Wildman–Crippen LogP) is 2.01. The quantitative estimate of drug-likeness (QED) is 0.666. The van der Waals surface area contributed by atoms with Gasteiger partial charge in [-0.15, -0.1) is 0 Å². The molecule has 0 bridgehead atoms. The fourth-order valence-corrected chi connectivity index (χ4v) is 3.88. The Morgan fingerprint density at radius 1 is 1.24 bits per heavy atom. The van der Waals surface area contributed by atoms with Crippen LogP contribution in [0.15, 0.2) is 34.2 Å². The molecule has 132 valence electrons. The van der Waals surface area contributed by atoms with Crippen LogP contribution in [0, 0.1) is 0 Å². The highest BCUT2D eigenvalue weighted by molar-refractivity contribution is 8.00. The van der Waals surface area contributed by atoms with Crippen LogP contribution >= 0.6 is 11.8 Å². The number of imide groups is 1. The molecule has 3 rings (SSSR count). The summed E-state index contributed by atoms with van der Waals surface area (Å²) in [5, 5.41) is 3.13. The summed E-state index contributed by atoms with van der Waals surface area (Å²) in [6, 6.07) is 6.70. The molecule has 1 unspecified atom stereocenters. The van der Waals surface area contributed by atoms with Gasteiger partial charge in [0.05, 0.1) is 16.2 Å². The molecule has 7 nitrogen and oxygen atoms in total. The van der Waals surface area contributed by atoms with E-state index in [2.05, 4.69) is 10.3 Å². The van der Waals surface area contributed by atoms with E-state index in [4.69, 9.17) is 0 Å². The number of carbonyl (C=O) groups excluding carboxylic acids is 2. The Labute approximate surface area is 149 Å².